The number of β-lactam (4-membered cyclic amide) rings is 1. The number of aromatic nitrogens is 1. The Kier molecular flexibility index (Phi) is 8.34. The molecule has 0 aliphatic carbocycles. The fourth-order valence-electron chi connectivity index (χ4n) is 3.30. The molecule has 13 nitrogen and oxygen atoms in total. The molecule has 2 aliphatic rings. The summed E-state index contributed by atoms with van der Waals surface area (Å²) in [5.74, 6) is -1.95. The van der Waals surface area contributed by atoms with Gasteiger partial charge in [0.05, 0.1) is 6.61 Å². The third-order valence-electron chi connectivity index (χ3n) is 4.72. The summed E-state index contributed by atoms with van der Waals surface area (Å²) in [6.07, 6.45) is 1.10. The Labute approximate surface area is 208 Å². The summed E-state index contributed by atoms with van der Waals surface area (Å²) < 4.78 is 14.7. The molecule has 1 saturated heterocycles. The van der Waals surface area contributed by atoms with E-state index in [1.54, 1.807) is 26.0 Å². The maximum atomic E-state index is 13.0. The summed E-state index contributed by atoms with van der Waals surface area (Å²) in [5.41, 5.74) is 5.72. The zero-order chi connectivity index (χ0) is 25.7. The summed E-state index contributed by atoms with van der Waals surface area (Å²) in [5, 5.41) is 15.8. The highest BCUT2D eigenvalue weighted by molar-refractivity contribution is 8.00. The number of oxime groups is 1. The van der Waals surface area contributed by atoms with Gasteiger partial charge in [0.1, 0.15) is 22.8 Å². The standard InChI is InChI=1S/C20H23N5O8S2/c1-4-6-10-7-34-17-13(23-15(26)12(24-30)11-8-35-19(21)22-11)16(27)25(17)14(10)18(28)32-9(3)33-20(29)31-5-2/h4,6,8-9,13,17,30H,5,7H2,1-3H3,(H2,21,22)(H,23,26)/b6-4-,24-12-/t9?,13-,17-/m1/s1. The highest BCUT2D eigenvalue weighted by Gasteiger charge is 2.54. The molecule has 3 rings (SSSR count). The number of thiazole rings is 1. The minimum Gasteiger partial charge on any atom is -0.435 e. The summed E-state index contributed by atoms with van der Waals surface area (Å²) in [6, 6.07) is -0.997. The van der Waals surface area contributed by atoms with Crippen LogP contribution in [0.4, 0.5) is 9.93 Å². The van der Waals surface area contributed by atoms with E-state index < -0.39 is 47.4 Å². The van der Waals surface area contributed by atoms with Gasteiger partial charge in [0.25, 0.3) is 11.8 Å². The number of nitrogens with zero attached hydrogens (tertiary/aromatic N) is 3. The van der Waals surface area contributed by atoms with E-state index in [1.807, 2.05) is 0 Å². The lowest BCUT2D eigenvalue weighted by Gasteiger charge is -2.49. The minimum atomic E-state index is -1.27. The lowest BCUT2D eigenvalue weighted by molar-refractivity contribution is -0.168. The number of anilines is 1. The van der Waals surface area contributed by atoms with E-state index in [9.17, 15) is 24.4 Å². The van der Waals surface area contributed by atoms with Crippen molar-refractivity contribution in [3.8, 4) is 0 Å². The van der Waals surface area contributed by atoms with Crippen molar-refractivity contribution >= 4 is 57.9 Å². The molecule has 0 radical (unpaired) electrons. The quantitative estimate of drug-likeness (QED) is 0.111. The predicted octanol–water partition coefficient (Wildman–Crippen LogP) is 1.20. The molecule has 1 unspecified atom stereocenters. The first-order valence-electron chi connectivity index (χ1n) is 10.3. The van der Waals surface area contributed by atoms with Crippen LogP contribution >= 0.6 is 23.1 Å². The maximum Gasteiger partial charge on any atom is 0.511 e. The van der Waals surface area contributed by atoms with Gasteiger partial charge in [-0.2, -0.15) is 0 Å². The first-order valence-corrected chi connectivity index (χ1v) is 12.2. The molecule has 1 aromatic rings. The molecule has 0 aromatic carbocycles. The van der Waals surface area contributed by atoms with Gasteiger partial charge in [0, 0.05) is 18.1 Å². The number of rotatable bonds is 8. The number of carbonyl (C=O) groups excluding carboxylic acids is 4. The number of hydrogen-bond acceptors (Lipinski definition) is 13. The molecule has 188 valence electrons. The molecule has 35 heavy (non-hydrogen) atoms. The Morgan fingerprint density at radius 3 is 2.77 bits per heavy atom. The van der Waals surface area contributed by atoms with Crippen molar-refractivity contribution in [1.82, 2.24) is 15.2 Å². The van der Waals surface area contributed by atoms with Crippen molar-refractivity contribution < 1.29 is 38.6 Å². The van der Waals surface area contributed by atoms with Crippen molar-refractivity contribution in [2.45, 2.75) is 38.5 Å². The number of fused-ring (bicyclic) bond motifs is 1. The van der Waals surface area contributed by atoms with Crippen molar-refractivity contribution in [1.29, 1.82) is 0 Å². The van der Waals surface area contributed by atoms with Crippen molar-refractivity contribution in [3.63, 3.8) is 0 Å². The monoisotopic (exact) mass is 525 g/mol. The van der Waals surface area contributed by atoms with Gasteiger partial charge >= 0.3 is 12.1 Å². The summed E-state index contributed by atoms with van der Waals surface area (Å²) in [4.78, 5) is 55.2. The molecule has 4 N–H and O–H groups in total. The Balaban J connectivity index is 1.75. The third-order valence-corrected chi connectivity index (χ3v) is 6.70. The smallest absolute Gasteiger partial charge is 0.435 e. The van der Waals surface area contributed by atoms with Gasteiger partial charge < -0.3 is 30.5 Å². The van der Waals surface area contributed by atoms with Crippen LogP contribution < -0.4 is 11.1 Å². The third kappa shape index (κ3) is 5.57. The molecule has 0 saturated carbocycles. The normalized spacial score (nSPS) is 20.7. The number of thioether (sulfide) groups is 1. The van der Waals surface area contributed by atoms with Crippen LogP contribution in [0.25, 0.3) is 0 Å². The molecule has 1 aromatic heterocycles. The highest BCUT2D eigenvalue weighted by Crippen LogP contribution is 2.41. The molecule has 1 fully saturated rings. The fraction of sp³-hybridized carbons (Fsp3) is 0.400. The fourth-order valence-corrected chi connectivity index (χ4v) is 5.16. The number of esters is 1. The van der Waals surface area contributed by atoms with Crippen LogP contribution in [-0.2, 0) is 28.6 Å². The van der Waals surface area contributed by atoms with E-state index in [0.717, 1.165) is 11.3 Å². The van der Waals surface area contributed by atoms with Crippen LogP contribution in [0.2, 0.25) is 0 Å². The van der Waals surface area contributed by atoms with Gasteiger partial charge in [0.15, 0.2) is 10.8 Å². The average Bonchev–Trinajstić information content (AvgIpc) is 3.23. The minimum absolute atomic E-state index is 0.0232. The lowest BCUT2D eigenvalue weighted by Crippen LogP contribution is -2.71. The number of allylic oxidation sites excluding steroid dienone is 2. The van der Waals surface area contributed by atoms with E-state index >= 15 is 0 Å². The molecule has 3 heterocycles. The second-order valence-corrected chi connectivity index (χ2v) is 9.02. The molecular formula is C20H23N5O8S2. The van der Waals surface area contributed by atoms with E-state index in [4.69, 9.17) is 15.2 Å². The number of ether oxygens (including phenoxy) is 3. The Morgan fingerprint density at radius 2 is 2.17 bits per heavy atom. The Hall–Kier alpha value is -3.59. The maximum absolute atomic E-state index is 13.0. The van der Waals surface area contributed by atoms with E-state index in [1.165, 1.54) is 29.0 Å². The second-order valence-electron chi connectivity index (χ2n) is 7.03. The molecule has 0 bridgehead atoms. The number of hydrogen-bond donors (Lipinski definition) is 3. The lowest BCUT2D eigenvalue weighted by atomic mass is 10.0. The summed E-state index contributed by atoms with van der Waals surface area (Å²) in [7, 11) is 0. The van der Waals surface area contributed by atoms with Gasteiger partial charge in [-0.3, -0.25) is 14.5 Å². The van der Waals surface area contributed by atoms with Gasteiger partial charge in [-0.1, -0.05) is 17.3 Å². The molecule has 2 aliphatic heterocycles. The van der Waals surface area contributed by atoms with E-state index in [0.29, 0.717) is 11.3 Å². The average molecular weight is 526 g/mol. The van der Waals surface area contributed by atoms with Crippen molar-refractivity contribution in [3.05, 3.63) is 34.5 Å². The largest absolute Gasteiger partial charge is 0.511 e. The number of carbonyl (C=O) groups is 4. The van der Waals surface area contributed by atoms with Crippen LogP contribution in [0.15, 0.2) is 34.0 Å². The van der Waals surface area contributed by atoms with E-state index in [-0.39, 0.29) is 23.1 Å². The molecular weight excluding hydrogens is 502 g/mol. The van der Waals surface area contributed by atoms with Crippen molar-refractivity contribution in [2.24, 2.45) is 5.16 Å². The van der Waals surface area contributed by atoms with Crippen LogP contribution in [0.5, 0.6) is 0 Å². The number of amides is 2. The number of nitrogen functional groups attached to an aromatic ring is 1. The zero-order valence-corrected chi connectivity index (χ0v) is 20.6. The number of nitrogens with two attached hydrogens (primary N) is 1. The second kappa shape index (κ2) is 11.2. The van der Waals surface area contributed by atoms with Crippen LogP contribution in [0.3, 0.4) is 0 Å². The van der Waals surface area contributed by atoms with E-state index in [2.05, 4.69) is 20.2 Å². The first kappa shape index (κ1) is 26.0. The van der Waals surface area contributed by atoms with Gasteiger partial charge in [-0.15, -0.1) is 23.1 Å². The zero-order valence-electron chi connectivity index (χ0n) is 18.9. The SMILES string of the molecule is C/C=C\C1=C(C(=O)OC(C)OC(=O)OCC)N2C(=O)[C@@H](NC(=O)/C(=N\O)c3csc(N)n3)[C@H]2SC1. The van der Waals surface area contributed by atoms with Gasteiger partial charge in [-0.25, -0.2) is 14.6 Å². The Bertz CT molecular complexity index is 1110. The number of nitrogens with one attached hydrogen (secondary N) is 1. The molecule has 0 spiro atoms. The van der Waals surface area contributed by atoms with Crippen LogP contribution in [-0.4, -0.2) is 74.8 Å². The summed E-state index contributed by atoms with van der Waals surface area (Å²) >= 11 is 2.38. The summed E-state index contributed by atoms with van der Waals surface area (Å²) in [6.45, 7) is 4.77. The Morgan fingerprint density at radius 1 is 1.43 bits per heavy atom. The molecule has 15 heteroatoms. The topological polar surface area (TPSA) is 183 Å². The predicted molar refractivity (Wildman–Crippen MR) is 125 cm³/mol. The van der Waals surface area contributed by atoms with Gasteiger partial charge in [-0.05, 0) is 19.4 Å². The van der Waals surface area contributed by atoms with Crippen LogP contribution in [0.1, 0.15) is 26.5 Å². The van der Waals surface area contributed by atoms with Crippen LogP contribution in [0, 0.1) is 0 Å². The van der Waals surface area contributed by atoms with Crippen molar-refractivity contribution in [2.75, 3.05) is 18.1 Å². The van der Waals surface area contributed by atoms with Gasteiger partial charge in [0.2, 0.25) is 6.29 Å². The molecule has 2 amide bonds. The first-order chi connectivity index (χ1) is 16.7. The molecule has 3 atom stereocenters. The highest BCUT2D eigenvalue weighted by atomic mass is 32.2.